The number of benzene rings is 3. The number of thioether (sulfide) groups is 1. The summed E-state index contributed by atoms with van der Waals surface area (Å²) in [7, 11) is -4.26. The quantitative estimate of drug-likeness (QED) is 0.0207. The molecule has 1 aromatic heterocycles. The lowest BCUT2D eigenvalue weighted by Crippen LogP contribution is -2.48. The van der Waals surface area contributed by atoms with Crippen LogP contribution in [0, 0.1) is 5.82 Å². The second-order valence-corrected chi connectivity index (χ2v) is 24.4. The summed E-state index contributed by atoms with van der Waals surface area (Å²) in [6, 6.07) is 15.3. The standard InChI is InChI=1S/C59H81FN10O12S2/c60-50-37-48(36-45-19-22-61-38-49(45)50)84(76,77)67-51(58(74)69-24-7-8-25-69)35-42-11-13-43(14-12-42)57(73)44-15-17-47(18-16-44)82-40-46-39-70(68-66-46)26-6-2-1-5-21-62-55(72)20-27-78-29-31-80-33-34-81-32-30-79-28-23-63-54(71)10-4-3-9-53-56-52(41-83-53)64-59(75)65-56/h11-18,36-37,39,51-53,56,61,67H,1-10,19-35,38,40-41H2,(H,62,72)(H,63,71)(H2,64,65,75)/t51-,52-,53+,56-/m1/s1. The van der Waals surface area contributed by atoms with Crippen molar-refractivity contribution in [2.75, 3.05) is 91.3 Å². The fourth-order valence-electron chi connectivity index (χ4n) is 10.5. The number of ketones is 1. The molecule has 84 heavy (non-hydrogen) atoms. The van der Waals surface area contributed by atoms with Gasteiger partial charge in [-0.3, -0.25) is 23.9 Å². The number of hydrogen-bond acceptors (Lipinski definition) is 16. The van der Waals surface area contributed by atoms with E-state index < -0.39 is 21.9 Å². The highest BCUT2D eigenvalue weighted by atomic mass is 32.2. The molecular weight excluding hydrogens is 1120 g/mol. The van der Waals surface area contributed by atoms with Crippen molar-refractivity contribution in [1.82, 2.24) is 51.2 Å². The van der Waals surface area contributed by atoms with Crippen molar-refractivity contribution in [2.24, 2.45) is 0 Å². The molecule has 6 N–H and O–H groups in total. The Hall–Kier alpha value is -6.06. The zero-order valence-corrected chi connectivity index (χ0v) is 49.4. The minimum Gasteiger partial charge on any atom is -0.487 e. The summed E-state index contributed by atoms with van der Waals surface area (Å²) in [4.78, 5) is 64.5. The number of urea groups is 1. The number of ether oxygens (including phenoxy) is 5. The molecule has 3 saturated heterocycles. The normalized spacial score (nSPS) is 17.8. The van der Waals surface area contributed by atoms with Crippen LogP contribution < -0.4 is 36.0 Å². The first-order chi connectivity index (χ1) is 40.9. The molecule has 0 spiro atoms. The third-order valence-electron chi connectivity index (χ3n) is 15.1. The van der Waals surface area contributed by atoms with Gasteiger partial charge >= 0.3 is 6.03 Å². The molecule has 4 aliphatic heterocycles. The van der Waals surface area contributed by atoms with Crippen molar-refractivity contribution in [3.05, 3.63) is 106 Å². The SMILES string of the molecule is O=C(CCCC[C@@H]1SC[C@H]2NC(=O)N[C@@H]12)NCCOCCOCCOCCOCCC(=O)NCCCCCCn1cc(COc2ccc(C(=O)c3ccc(C[C@@H](NS(=O)(=O)c4cc(F)c5c(c4)CCNC5)C(=O)N4CCCC4)cc3)cc2)nn1. The van der Waals surface area contributed by atoms with Crippen molar-refractivity contribution >= 4 is 51.3 Å². The number of likely N-dealkylation sites (tertiary alicyclic amines) is 1. The fraction of sp³-hybridized carbons (Fsp3) is 0.576. The minimum atomic E-state index is -4.26. The maximum Gasteiger partial charge on any atom is 0.315 e. The van der Waals surface area contributed by atoms with Crippen LogP contribution in [0.15, 0.2) is 71.8 Å². The number of rotatable bonds is 38. The number of sulfonamides is 1. The lowest BCUT2D eigenvalue weighted by atomic mass is 9.99. The first kappa shape index (κ1) is 63.9. The van der Waals surface area contributed by atoms with E-state index in [1.807, 2.05) is 18.0 Å². The van der Waals surface area contributed by atoms with E-state index in [0.717, 1.165) is 69.6 Å². The van der Waals surface area contributed by atoms with E-state index in [-0.39, 0.29) is 66.0 Å². The summed E-state index contributed by atoms with van der Waals surface area (Å²) in [5.74, 6) is 0.304. The van der Waals surface area contributed by atoms with Gasteiger partial charge in [-0.15, -0.1) is 5.10 Å². The smallest absolute Gasteiger partial charge is 0.315 e. The fourth-order valence-corrected chi connectivity index (χ4v) is 13.3. The van der Waals surface area contributed by atoms with Crippen LogP contribution in [0.3, 0.4) is 0 Å². The first-order valence-corrected chi connectivity index (χ1v) is 32.0. The number of aromatic nitrogens is 3. The van der Waals surface area contributed by atoms with Crippen molar-refractivity contribution in [3.8, 4) is 5.75 Å². The van der Waals surface area contributed by atoms with Crippen LogP contribution in [0.2, 0.25) is 0 Å². The number of nitrogens with zero attached hydrogens (tertiary/aromatic N) is 4. The van der Waals surface area contributed by atoms with Crippen molar-refractivity contribution < 1.29 is 60.5 Å². The Morgan fingerprint density at radius 1 is 0.774 bits per heavy atom. The van der Waals surface area contributed by atoms with Gasteiger partial charge in [0.05, 0.1) is 76.0 Å². The Bertz CT molecular complexity index is 2880. The Labute approximate surface area is 495 Å². The second kappa shape index (κ2) is 33.6. The number of carbonyl (C=O) groups is 5. The van der Waals surface area contributed by atoms with Crippen LogP contribution in [-0.2, 0) is 75.9 Å². The molecule has 0 radical (unpaired) electrons. The third-order valence-corrected chi connectivity index (χ3v) is 18.0. The lowest BCUT2D eigenvalue weighted by molar-refractivity contribution is -0.132. The number of aryl methyl sites for hydroxylation is 1. The molecule has 25 heteroatoms. The Balaban J connectivity index is 0.602. The van der Waals surface area contributed by atoms with Crippen LogP contribution in [0.25, 0.3) is 0 Å². The summed E-state index contributed by atoms with van der Waals surface area (Å²) in [5.41, 5.74) is 3.26. The Kier molecular flexibility index (Phi) is 25.6. The number of amides is 5. The molecule has 5 amide bonds. The van der Waals surface area contributed by atoms with E-state index in [2.05, 4.69) is 41.6 Å². The highest BCUT2D eigenvalue weighted by molar-refractivity contribution is 8.00. The number of halogens is 1. The molecule has 5 heterocycles. The summed E-state index contributed by atoms with van der Waals surface area (Å²) in [5, 5.41) is 23.8. The predicted molar refractivity (Wildman–Crippen MR) is 312 cm³/mol. The van der Waals surface area contributed by atoms with Gasteiger partial charge in [-0.1, -0.05) is 48.7 Å². The van der Waals surface area contributed by atoms with Crippen LogP contribution in [-0.4, -0.2) is 173 Å². The summed E-state index contributed by atoms with van der Waals surface area (Å²) < 4.78 is 74.8. The number of hydrogen-bond donors (Lipinski definition) is 6. The lowest BCUT2D eigenvalue weighted by Gasteiger charge is -2.25. The van der Waals surface area contributed by atoms with Gasteiger partial charge < -0.3 is 55.2 Å². The Morgan fingerprint density at radius 3 is 2.20 bits per heavy atom. The van der Waals surface area contributed by atoms with E-state index in [0.29, 0.717) is 156 Å². The Morgan fingerprint density at radius 2 is 1.45 bits per heavy atom. The van der Waals surface area contributed by atoms with Gasteiger partial charge in [0.2, 0.25) is 27.7 Å². The van der Waals surface area contributed by atoms with Gasteiger partial charge in [0.1, 0.15) is 29.9 Å². The molecule has 8 rings (SSSR count). The number of carbonyl (C=O) groups excluding carboxylic acids is 5. The van der Waals surface area contributed by atoms with Crippen LogP contribution in [0.1, 0.15) is 109 Å². The molecule has 3 fully saturated rings. The van der Waals surface area contributed by atoms with E-state index in [1.165, 1.54) is 6.07 Å². The zero-order valence-electron chi connectivity index (χ0n) is 47.8. The van der Waals surface area contributed by atoms with Gasteiger partial charge in [0.25, 0.3) is 0 Å². The van der Waals surface area contributed by atoms with E-state index in [4.69, 9.17) is 23.7 Å². The van der Waals surface area contributed by atoms with E-state index in [9.17, 15) is 32.4 Å². The highest BCUT2D eigenvalue weighted by Crippen LogP contribution is 2.33. The van der Waals surface area contributed by atoms with Gasteiger partial charge in [-0.25, -0.2) is 17.6 Å². The molecule has 4 aliphatic rings. The second-order valence-electron chi connectivity index (χ2n) is 21.4. The summed E-state index contributed by atoms with van der Waals surface area (Å²) >= 11 is 1.89. The van der Waals surface area contributed by atoms with Gasteiger partial charge in [-0.2, -0.15) is 16.5 Å². The molecule has 4 atom stereocenters. The highest BCUT2D eigenvalue weighted by Gasteiger charge is 2.42. The largest absolute Gasteiger partial charge is 0.487 e. The average Bonchev–Trinajstić information content (AvgIpc) is 3.54. The molecule has 0 bridgehead atoms. The predicted octanol–water partition coefficient (Wildman–Crippen LogP) is 4.36. The van der Waals surface area contributed by atoms with Crippen LogP contribution >= 0.6 is 11.8 Å². The molecule has 3 aromatic carbocycles. The molecule has 22 nitrogen and oxygen atoms in total. The van der Waals surface area contributed by atoms with E-state index >= 15 is 4.39 Å². The van der Waals surface area contributed by atoms with Gasteiger partial charge in [0, 0.05) is 79.8 Å². The van der Waals surface area contributed by atoms with Crippen molar-refractivity contribution in [2.45, 2.75) is 131 Å². The van der Waals surface area contributed by atoms with Gasteiger partial charge in [-0.05, 0) is 105 Å². The van der Waals surface area contributed by atoms with Crippen LogP contribution in [0.5, 0.6) is 5.75 Å². The van der Waals surface area contributed by atoms with Crippen LogP contribution in [0.4, 0.5) is 9.18 Å². The first-order valence-electron chi connectivity index (χ1n) is 29.5. The average molecular weight is 1210 g/mol. The molecular formula is C59H81FN10O12S2. The monoisotopic (exact) mass is 1200 g/mol. The zero-order chi connectivity index (χ0) is 58.9. The summed E-state index contributed by atoms with van der Waals surface area (Å²) in [6.07, 6.45) is 11.3. The van der Waals surface area contributed by atoms with Crippen molar-refractivity contribution in [3.63, 3.8) is 0 Å². The molecule has 0 aliphatic carbocycles. The maximum absolute atomic E-state index is 15.0. The number of fused-ring (bicyclic) bond motifs is 2. The van der Waals surface area contributed by atoms with E-state index in [1.54, 1.807) is 58.1 Å². The topological polar surface area (TPSA) is 272 Å². The summed E-state index contributed by atoms with van der Waals surface area (Å²) in [6.45, 7) is 7.15. The molecule has 0 unspecified atom stereocenters. The van der Waals surface area contributed by atoms with Crippen molar-refractivity contribution in [1.29, 1.82) is 0 Å². The molecule has 458 valence electrons. The number of unbranched alkanes of at least 4 members (excludes halogenated alkanes) is 4. The minimum absolute atomic E-state index is 0.0217. The number of nitrogens with one attached hydrogen (secondary N) is 6. The third kappa shape index (κ3) is 20.3. The molecule has 0 saturated carbocycles. The maximum atomic E-state index is 15.0. The molecule has 4 aromatic rings. The van der Waals surface area contributed by atoms with Gasteiger partial charge in [0.15, 0.2) is 5.78 Å².